The van der Waals surface area contributed by atoms with E-state index in [0.29, 0.717) is 5.89 Å². The SMILES string of the molecule is O=C(O)CSc1nnc(-c2ccc3ccccc3c2)o1. The third-order valence-electron chi connectivity index (χ3n) is 2.72. The van der Waals surface area contributed by atoms with E-state index in [1.165, 1.54) is 0 Å². The van der Waals surface area contributed by atoms with Crippen molar-refractivity contribution >= 4 is 28.5 Å². The standard InChI is InChI=1S/C14H10N2O3S/c17-12(18)8-20-14-16-15-13(19-14)11-6-5-9-3-1-2-4-10(9)7-11/h1-7H,8H2,(H,17,18). The van der Waals surface area contributed by atoms with Crippen LogP contribution in [-0.2, 0) is 4.79 Å². The lowest BCUT2D eigenvalue weighted by molar-refractivity contribution is -0.133. The van der Waals surface area contributed by atoms with Gasteiger partial charge in [0.1, 0.15) is 5.75 Å². The molecule has 20 heavy (non-hydrogen) atoms. The number of aliphatic carboxylic acids is 1. The van der Waals surface area contributed by atoms with Crippen molar-refractivity contribution in [3.8, 4) is 11.5 Å². The molecule has 0 saturated carbocycles. The molecular weight excluding hydrogens is 276 g/mol. The van der Waals surface area contributed by atoms with Gasteiger partial charge in [0.15, 0.2) is 0 Å². The van der Waals surface area contributed by atoms with Crippen molar-refractivity contribution in [3.05, 3.63) is 42.5 Å². The van der Waals surface area contributed by atoms with E-state index in [9.17, 15) is 4.79 Å². The Morgan fingerprint density at radius 2 is 1.95 bits per heavy atom. The van der Waals surface area contributed by atoms with Crippen molar-refractivity contribution in [2.24, 2.45) is 0 Å². The topological polar surface area (TPSA) is 76.2 Å². The van der Waals surface area contributed by atoms with Crippen molar-refractivity contribution in [2.75, 3.05) is 5.75 Å². The van der Waals surface area contributed by atoms with Crippen molar-refractivity contribution in [2.45, 2.75) is 5.22 Å². The molecule has 0 radical (unpaired) electrons. The van der Waals surface area contributed by atoms with Crippen LogP contribution in [0.3, 0.4) is 0 Å². The second-order valence-corrected chi connectivity index (χ2v) is 5.04. The van der Waals surface area contributed by atoms with Gasteiger partial charge >= 0.3 is 5.97 Å². The van der Waals surface area contributed by atoms with Crippen LogP contribution < -0.4 is 0 Å². The summed E-state index contributed by atoms with van der Waals surface area (Å²) in [6.45, 7) is 0. The highest BCUT2D eigenvalue weighted by Gasteiger charge is 2.10. The van der Waals surface area contributed by atoms with E-state index in [1.54, 1.807) is 0 Å². The summed E-state index contributed by atoms with van der Waals surface area (Å²) >= 11 is 1.01. The number of rotatable bonds is 4. The Balaban J connectivity index is 1.89. The summed E-state index contributed by atoms with van der Waals surface area (Å²) in [5, 5.41) is 18.9. The lowest BCUT2D eigenvalue weighted by Crippen LogP contribution is -1.97. The molecule has 0 bridgehead atoms. The first-order valence-electron chi connectivity index (χ1n) is 5.89. The van der Waals surface area contributed by atoms with E-state index in [-0.39, 0.29) is 11.0 Å². The summed E-state index contributed by atoms with van der Waals surface area (Å²) in [5.41, 5.74) is 0.818. The van der Waals surface area contributed by atoms with E-state index >= 15 is 0 Å². The van der Waals surface area contributed by atoms with Gasteiger partial charge in [0, 0.05) is 5.56 Å². The number of carboxylic acid groups (broad SMARTS) is 1. The Labute approximate surface area is 118 Å². The largest absolute Gasteiger partial charge is 0.481 e. The van der Waals surface area contributed by atoms with Gasteiger partial charge in [0.05, 0.1) is 0 Å². The zero-order valence-corrected chi connectivity index (χ0v) is 11.1. The summed E-state index contributed by atoms with van der Waals surface area (Å²) in [6.07, 6.45) is 0. The molecule has 0 fully saturated rings. The zero-order chi connectivity index (χ0) is 13.9. The highest BCUT2D eigenvalue weighted by molar-refractivity contribution is 7.99. The molecule has 0 aliphatic rings. The van der Waals surface area contributed by atoms with E-state index in [2.05, 4.69) is 10.2 Å². The average molecular weight is 286 g/mol. The summed E-state index contributed by atoms with van der Waals surface area (Å²) in [7, 11) is 0. The lowest BCUT2D eigenvalue weighted by Gasteiger charge is -1.99. The Morgan fingerprint density at radius 1 is 1.15 bits per heavy atom. The van der Waals surface area contributed by atoms with Crippen molar-refractivity contribution in [1.82, 2.24) is 10.2 Å². The lowest BCUT2D eigenvalue weighted by atomic mass is 10.1. The molecule has 0 atom stereocenters. The van der Waals surface area contributed by atoms with Crippen LogP contribution in [0.1, 0.15) is 0 Å². The van der Waals surface area contributed by atoms with Crippen LogP contribution in [0, 0.1) is 0 Å². The van der Waals surface area contributed by atoms with Gasteiger partial charge in [0.25, 0.3) is 5.22 Å². The van der Waals surface area contributed by atoms with Crippen LogP contribution in [0.4, 0.5) is 0 Å². The van der Waals surface area contributed by atoms with E-state index in [0.717, 1.165) is 28.1 Å². The molecule has 0 aliphatic heterocycles. The van der Waals surface area contributed by atoms with Crippen LogP contribution in [-0.4, -0.2) is 27.0 Å². The summed E-state index contributed by atoms with van der Waals surface area (Å²) in [5.74, 6) is -0.622. The number of nitrogens with zero attached hydrogens (tertiary/aromatic N) is 2. The molecule has 3 aromatic rings. The fourth-order valence-electron chi connectivity index (χ4n) is 1.83. The number of carboxylic acids is 1. The van der Waals surface area contributed by atoms with Gasteiger partial charge in [0.2, 0.25) is 5.89 Å². The number of aromatic nitrogens is 2. The third-order valence-corrected chi connectivity index (χ3v) is 3.53. The summed E-state index contributed by atoms with van der Waals surface area (Å²) < 4.78 is 5.45. The van der Waals surface area contributed by atoms with Gasteiger partial charge < -0.3 is 9.52 Å². The molecule has 100 valence electrons. The minimum atomic E-state index is -0.916. The van der Waals surface area contributed by atoms with E-state index in [1.807, 2.05) is 42.5 Å². The maximum absolute atomic E-state index is 10.5. The number of hydrogen-bond acceptors (Lipinski definition) is 5. The molecule has 0 spiro atoms. The minimum Gasteiger partial charge on any atom is -0.481 e. The number of benzene rings is 2. The molecule has 1 N–H and O–H groups in total. The molecule has 0 aliphatic carbocycles. The highest BCUT2D eigenvalue weighted by atomic mass is 32.2. The fraction of sp³-hybridized carbons (Fsp3) is 0.0714. The Kier molecular flexibility index (Phi) is 3.39. The van der Waals surface area contributed by atoms with Crippen molar-refractivity contribution in [3.63, 3.8) is 0 Å². The number of fused-ring (bicyclic) bond motifs is 1. The Bertz CT molecular complexity index is 770. The van der Waals surface area contributed by atoms with E-state index in [4.69, 9.17) is 9.52 Å². The van der Waals surface area contributed by atoms with Crippen molar-refractivity contribution < 1.29 is 14.3 Å². The number of carbonyl (C=O) groups is 1. The first kappa shape index (κ1) is 12.7. The van der Waals surface area contributed by atoms with Crippen LogP contribution in [0.25, 0.3) is 22.2 Å². The number of hydrogen-bond donors (Lipinski definition) is 1. The summed E-state index contributed by atoms with van der Waals surface area (Å²) in [4.78, 5) is 10.5. The maximum atomic E-state index is 10.5. The average Bonchev–Trinajstić information content (AvgIpc) is 2.93. The maximum Gasteiger partial charge on any atom is 0.314 e. The molecule has 0 saturated heterocycles. The fourth-order valence-corrected chi connectivity index (χ4v) is 2.31. The quantitative estimate of drug-likeness (QED) is 0.743. The molecule has 1 heterocycles. The molecule has 3 rings (SSSR count). The van der Waals surface area contributed by atoms with Crippen molar-refractivity contribution in [1.29, 1.82) is 0 Å². The Morgan fingerprint density at radius 3 is 2.75 bits per heavy atom. The minimum absolute atomic E-state index is 0.0979. The third kappa shape index (κ3) is 2.65. The molecular formula is C14H10N2O3S. The monoisotopic (exact) mass is 286 g/mol. The van der Waals surface area contributed by atoms with Gasteiger partial charge in [-0.1, -0.05) is 42.1 Å². The van der Waals surface area contributed by atoms with Gasteiger partial charge in [-0.05, 0) is 22.9 Å². The molecule has 1 aromatic heterocycles. The second-order valence-electron chi connectivity index (χ2n) is 4.12. The van der Waals surface area contributed by atoms with Gasteiger partial charge in [-0.25, -0.2) is 0 Å². The molecule has 2 aromatic carbocycles. The molecule has 0 unspecified atom stereocenters. The van der Waals surface area contributed by atoms with Crippen LogP contribution >= 0.6 is 11.8 Å². The van der Waals surface area contributed by atoms with Crippen LogP contribution in [0.15, 0.2) is 52.1 Å². The smallest absolute Gasteiger partial charge is 0.314 e. The summed E-state index contributed by atoms with van der Waals surface area (Å²) in [6, 6.07) is 13.8. The predicted molar refractivity (Wildman–Crippen MR) is 75.6 cm³/mol. The highest BCUT2D eigenvalue weighted by Crippen LogP contribution is 2.26. The van der Waals surface area contributed by atoms with Crippen LogP contribution in [0.2, 0.25) is 0 Å². The number of thioether (sulfide) groups is 1. The second kappa shape index (κ2) is 5.34. The molecule has 5 nitrogen and oxygen atoms in total. The van der Waals surface area contributed by atoms with Crippen LogP contribution in [0.5, 0.6) is 0 Å². The van der Waals surface area contributed by atoms with Gasteiger partial charge in [-0.15, -0.1) is 10.2 Å². The van der Waals surface area contributed by atoms with E-state index < -0.39 is 5.97 Å². The van der Waals surface area contributed by atoms with Gasteiger partial charge in [-0.3, -0.25) is 4.79 Å². The molecule has 6 heteroatoms. The normalized spacial score (nSPS) is 10.8. The predicted octanol–water partition coefficient (Wildman–Crippen LogP) is 3.07. The first-order valence-corrected chi connectivity index (χ1v) is 6.88. The van der Waals surface area contributed by atoms with Gasteiger partial charge in [-0.2, -0.15) is 0 Å². The zero-order valence-electron chi connectivity index (χ0n) is 10.3. The Hall–Kier alpha value is -2.34. The first-order chi connectivity index (χ1) is 9.72. The molecule has 0 amide bonds.